The fourth-order valence-electron chi connectivity index (χ4n) is 2.39. The summed E-state index contributed by atoms with van der Waals surface area (Å²) in [5, 5.41) is 4.96. The van der Waals surface area contributed by atoms with Crippen LogP contribution in [0.5, 0.6) is 0 Å². The average Bonchev–Trinajstić information content (AvgIpc) is 2.82. The van der Waals surface area contributed by atoms with E-state index in [1.807, 2.05) is 26.4 Å². The number of anilines is 1. The third-order valence-electron chi connectivity index (χ3n) is 3.17. The van der Waals surface area contributed by atoms with Crippen LogP contribution in [0, 0.1) is 5.82 Å². The molecule has 18 heavy (non-hydrogen) atoms. The molecule has 0 aliphatic heterocycles. The molecule has 0 aliphatic rings. The summed E-state index contributed by atoms with van der Waals surface area (Å²) in [4.78, 5) is 0. The molecule has 0 saturated carbocycles. The molecule has 2 N–H and O–H groups in total. The molecule has 0 radical (unpaired) electrons. The van der Waals surface area contributed by atoms with E-state index in [0.717, 1.165) is 16.6 Å². The summed E-state index contributed by atoms with van der Waals surface area (Å²) in [5.74, 6) is -0.234. The quantitative estimate of drug-likeness (QED) is 0.714. The first-order valence-electron chi connectivity index (χ1n) is 5.61. The largest absolute Gasteiger partial charge is 0.396 e. The van der Waals surface area contributed by atoms with E-state index in [4.69, 9.17) is 5.73 Å². The fourth-order valence-corrected chi connectivity index (χ4v) is 2.39. The number of aryl methyl sites for hydroxylation is 2. The van der Waals surface area contributed by atoms with Crippen molar-refractivity contribution in [2.75, 3.05) is 5.73 Å². The van der Waals surface area contributed by atoms with Crippen LogP contribution < -0.4 is 5.73 Å². The number of fused-ring (bicyclic) bond motifs is 1. The van der Waals surface area contributed by atoms with E-state index in [1.165, 1.54) is 6.07 Å². The van der Waals surface area contributed by atoms with E-state index in [2.05, 4.69) is 5.10 Å². The van der Waals surface area contributed by atoms with Crippen molar-refractivity contribution in [2.45, 2.75) is 0 Å². The standard InChI is InChI=1S/C13H13FN4/c1-17-7-9(13-11(15)6-16-18(13)2)8-4-3-5-10(14)12(8)17/h3-7H,15H2,1-2H3. The zero-order valence-corrected chi connectivity index (χ0v) is 10.2. The van der Waals surface area contributed by atoms with E-state index >= 15 is 0 Å². The lowest BCUT2D eigenvalue weighted by Crippen LogP contribution is -1.95. The van der Waals surface area contributed by atoms with E-state index in [-0.39, 0.29) is 5.82 Å². The van der Waals surface area contributed by atoms with Gasteiger partial charge in [0.15, 0.2) is 0 Å². The van der Waals surface area contributed by atoms with Gasteiger partial charge in [-0.25, -0.2) is 4.39 Å². The molecule has 3 rings (SSSR count). The number of nitrogens with zero attached hydrogens (tertiary/aromatic N) is 3. The Labute approximate surface area is 103 Å². The molecule has 1 aromatic carbocycles. The van der Waals surface area contributed by atoms with Crippen LogP contribution >= 0.6 is 0 Å². The number of aromatic nitrogens is 3. The van der Waals surface area contributed by atoms with Crippen LogP contribution in [0.25, 0.3) is 22.2 Å². The molecule has 92 valence electrons. The van der Waals surface area contributed by atoms with Crippen LogP contribution in [0.15, 0.2) is 30.6 Å². The Morgan fingerprint density at radius 2 is 2.06 bits per heavy atom. The lowest BCUT2D eigenvalue weighted by atomic mass is 10.1. The highest BCUT2D eigenvalue weighted by Gasteiger charge is 2.16. The van der Waals surface area contributed by atoms with Crippen LogP contribution in [0.1, 0.15) is 0 Å². The predicted octanol–water partition coefficient (Wildman–Crippen LogP) is 2.30. The third-order valence-corrected chi connectivity index (χ3v) is 3.17. The summed E-state index contributed by atoms with van der Waals surface area (Å²) in [6.45, 7) is 0. The van der Waals surface area contributed by atoms with Crippen molar-refractivity contribution in [2.24, 2.45) is 14.1 Å². The second-order valence-corrected chi connectivity index (χ2v) is 4.36. The maximum Gasteiger partial charge on any atom is 0.147 e. The Balaban J connectivity index is 2.41. The predicted molar refractivity (Wildman–Crippen MR) is 69.5 cm³/mol. The molecule has 0 aliphatic carbocycles. The SMILES string of the molecule is Cn1ncc(N)c1-c1cn(C)c2c(F)cccc12. The third kappa shape index (κ3) is 1.33. The first-order valence-corrected chi connectivity index (χ1v) is 5.61. The first kappa shape index (κ1) is 10.8. The number of nitrogen functional groups attached to an aromatic ring is 1. The minimum absolute atomic E-state index is 0.234. The topological polar surface area (TPSA) is 48.8 Å². The highest BCUT2D eigenvalue weighted by Crippen LogP contribution is 2.33. The molecule has 2 aromatic heterocycles. The zero-order valence-electron chi connectivity index (χ0n) is 10.2. The molecule has 5 heteroatoms. The Hall–Kier alpha value is -2.30. The molecule has 3 aromatic rings. The molecular formula is C13H13FN4. The van der Waals surface area contributed by atoms with Gasteiger partial charge in [0.05, 0.1) is 23.1 Å². The lowest BCUT2D eigenvalue weighted by Gasteiger charge is -2.02. The molecular weight excluding hydrogens is 231 g/mol. The maximum atomic E-state index is 13.8. The summed E-state index contributed by atoms with van der Waals surface area (Å²) < 4.78 is 17.3. The molecule has 2 heterocycles. The van der Waals surface area contributed by atoms with Crippen molar-refractivity contribution in [3.8, 4) is 11.3 Å². The Morgan fingerprint density at radius 3 is 2.72 bits per heavy atom. The van der Waals surface area contributed by atoms with Crippen molar-refractivity contribution >= 4 is 16.6 Å². The summed E-state index contributed by atoms with van der Waals surface area (Å²) >= 11 is 0. The first-order chi connectivity index (χ1) is 8.59. The van der Waals surface area contributed by atoms with Crippen LogP contribution in [-0.4, -0.2) is 14.3 Å². The van der Waals surface area contributed by atoms with Gasteiger partial charge in [-0.3, -0.25) is 4.68 Å². The van der Waals surface area contributed by atoms with Gasteiger partial charge in [0, 0.05) is 31.2 Å². The summed E-state index contributed by atoms with van der Waals surface area (Å²) in [5.41, 5.74) is 8.80. The molecule has 0 bridgehead atoms. The number of hydrogen-bond acceptors (Lipinski definition) is 2. The second kappa shape index (κ2) is 3.60. The number of benzene rings is 1. The van der Waals surface area contributed by atoms with Crippen molar-refractivity contribution in [3.63, 3.8) is 0 Å². The van der Waals surface area contributed by atoms with Crippen molar-refractivity contribution in [1.29, 1.82) is 0 Å². The maximum absolute atomic E-state index is 13.8. The minimum Gasteiger partial charge on any atom is -0.396 e. The van der Waals surface area contributed by atoms with Gasteiger partial charge in [-0.2, -0.15) is 5.10 Å². The molecule has 0 unspecified atom stereocenters. The number of para-hydroxylation sites is 1. The van der Waals surface area contributed by atoms with Gasteiger partial charge in [-0.15, -0.1) is 0 Å². The summed E-state index contributed by atoms with van der Waals surface area (Å²) in [7, 11) is 3.64. The van der Waals surface area contributed by atoms with Gasteiger partial charge >= 0.3 is 0 Å². The van der Waals surface area contributed by atoms with Crippen LogP contribution in [0.4, 0.5) is 10.1 Å². The van der Waals surface area contributed by atoms with Crippen molar-refractivity contribution in [3.05, 3.63) is 36.4 Å². The van der Waals surface area contributed by atoms with Crippen LogP contribution in [0.3, 0.4) is 0 Å². The van der Waals surface area contributed by atoms with Gasteiger partial charge in [0.2, 0.25) is 0 Å². The van der Waals surface area contributed by atoms with Gasteiger partial charge < -0.3 is 10.3 Å². The number of rotatable bonds is 1. The zero-order chi connectivity index (χ0) is 12.9. The molecule has 0 amide bonds. The minimum atomic E-state index is -0.234. The molecule has 0 atom stereocenters. The Bertz CT molecular complexity index is 719. The second-order valence-electron chi connectivity index (χ2n) is 4.36. The monoisotopic (exact) mass is 244 g/mol. The number of halogens is 1. The lowest BCUT2D eigenvalue weighted by molar-refractivity contribution is 0.632. The average molecular weight is 244 g/mol. The van der Waals surface area contributed by atoms with E-state index < -0.39 is 0 Å². The molecule has 0 saturated heterocycles. The Kier molecular flexibility index (Phi) is 2.16. The summed E-state index contributed by atoms with van der Waals surface area (Å²) in [6.07, 6.45) is 3.48. The number of hydrogen-bond donors (Lipinski definition) is 1. The highest BCUT2D eigenvalue weighted by molar-refractivity contribution is 5.97. The van der Waals surface area contributed by atoms with Gasteiger partial charge in [0.1, 0.15) is 5.82 Å². The van der Waals surface area contributed by atoms with Crippen LogP contribution in [-0.2, 0) is 14.1 Å². The van der Waals surface area contributed by atoms with E-state index in [1.54, 1.807) is 21.5 Å². The fraction of sp³-hybridized carbons (Fsp3) is 0.154. The van der Waals surface area contributed by atoms with Crippen molar-refractivity contribution in [1.82, 2.24) is 14.3 Å². The molecule has 4 nitrogen and oxygen atoms in total. The van der Waals surface area contributed by atoms with Gasteiger partial charge in [0.25, 0.3) is 0 Å². The van der Waals surface area contributed by atoms with Crippen LogP contribution in [0.2, 0.25) is 0 Å². The molecule has 0 fully saturated rings. The normalized spacial score (nSPS) is 11.3. The highest BCUT2D eigenvalue weighted by atomic mass is 19.1. The van der Waals surface area contributed by atoms with E-state index in [0.29, 0.717) is 11.2 Å². The van der Waals surface area contributed by atoms with Gasteiger partial charge in [-0.05, 0) is 6.07 Å². The Morgan fingerprint density at radius 1 is 1.28 bits per heavy atom. The number of nitrogens with two attached hydrogens (primary N) is 1. The smallest absolute Gasteiger partial charge is 0.147 e. The van der Waals surface area contributed by atoms with Crippen molar-refractivity contribution < 1.29 is 4.39 Å². The van der Waals surface area contributed by atoms with E-state index in [9.17, 15) is 4.39 Å². The molecule has 0 spiro atoms. The summed E-state index contributed by atoms with van der Waals surface area (Å²) in [6, 6.07) is 5.05. The van der Waals surface area contributed by atoms with Gasteiger partial charge in [-0.1, -0.05) is 12.1 Å².